The SMILES string of the molecule is CC(=O)O[C@@H](C)/C=C\C(=O)N[C@@H]1C[C@H](C)[C@H](C/C=C(C)/C=C/[C@@H]2C[C@]3(CO3)C[C@@H](CC(=O)N/N=C(\C)c3ccc(OCCCCCNC(=O)OCC4c5ccccc5-c5ccccc54)cc3)O2)O[C@@H]1C. The quantitative estimate of drug-likeness (QED) is 0.0178. The molecule has 3 amide bonds. The maximum absolute atomic E-state index is 13.1. The van der Waals surface area contributed by atoms with Crippen molar-refractivity contribution in [3.05, 3.63) is 125 Å². The lowest BCUT2D eigenvalue weighted by atomic mass is 9.88. The molecule has 3 aliphatic heterocycles. The molecule has 3 saturated heterocycles. The van der Waals surface area contributed by atoms with Crippen molar-refractivity contribution in [3.8, 4) is 16.9 Å². The lowest BCUT2D eigenvalue weighted by Gasteiger charge is -2.39. The van der Waals surface area contributed by atoms with Crippen LogP contribution in [0.3, 0.4) is 0 Å². The molecule has 14 nitrogen and oxygen atoms in total. The highest BCUT2D eigenvalue weighted by molar-refractivity contribution is 5.99. The zero-order valence-electron chi connectivity index (χ0n) is 41.4. The molecule has 0 saturated carbocycles. The van der Waals surface area contributed by atoms with E-state index in [2.05, 4.69) is 77.5 Å². The summed E-state index contributed by atoms with van der Waals surface area (Å²) in [6, 6.07) is 24.1. The lowest BCUT2D eigenvalue weighted by Crippen LogP contribution is -2.50. The fraction of sp³-hybridized carbons (Fsp3) is 0.482. The number of epoxide rings is 1. The number of nitrogens with one attached hydrogen (secondary N) is 3. The van der Waals surface area contributed by atoms with Gasteiger partial charge in [0.1, 0.15) is 18.5 Å². The summed E-state index contributed by atoms with van der Waals surface area (Å²) in [6.07, 6.45) is 13.4. The van der Waals surface area contributed by atoms with Crippen LogP contribution < -0.4 is 20.8 Å². The van der Waals surface area contributed by atoms with E-state index >= 15 is 0 Å². The van der Waals surface area contributed by atoms with E-state index in [0.717, 1.165) is 55.4 Å². The summed E-state index contributed by atoms with van der Waals surface area (Å²) in [5.74, 6) is 0.146. The van der Waals surface area contributed by atoms with E-state index < -0.39 is 18.2 Å². The molecule has 0 radical (unpaired) electrons. The van der Waals surface area contributed by atoms with Gasteiger partial charge in [-0.3, -0.25) is 14.4 Å². The molecule has 4 aliphatic rings. The van der Waals surface area contributed by atoms with Crippen LogP contribution in [-0.2, 0) is 38.1 Å². The van der Waals surface area contributed by atoms with Crippen molar-refractivity contribution in [1.82, 2.24) is 16.1 Å². The first-order chi connectivity index (χ1) is 33.7. The van der Waals surface area contributed by atoms with Crippen LogP contribution in [-0.4, -0.2) is 98.1 Å². The van der Waals surface area contributed by atoms with Gasteiger partial charge >= 0.3 is 12.1 Å². The van der Waals surface area contributed by atoms with E-state index in [0.29, 0.717) is 38.5 Å². The number of allylic oxidation sites excluding steroid dienone is 2. The molecule has 3 fully saturated rings. The normalized spacial score (nSPS) is 24.7. The van der Waals surface area contributed by atoms with Crippen molar-refractivity contribution >= 4 is 29.6 Å². The maximum atomic E-state index is 13.1. The summed E-state index contributed by atoms with van der Waals surface area (Å²) in [5.41, 5.74) is 9.87. The van der Waals surface area contributed by atoms with Crippen molar-refractivity contribution in [2.24, 2.45) is 11.0 Å². The highest BCUT2D eigenvalue weighted by atomic mass is 16.6. The summed E-state index contributed by atoms with van der Waals surface area (Å²) in [4.78, 5) is 49.2. The van der Waals surface area contributed by atoms with Crippen LogP contribution in [0.4, 0.5) is 4.79 Å². The fourth-order valence-electron chi connectivity index (χ4n) is 9.57. The average molecular weight is 959 g/mol. The Morgan fingerprint density at radius 2 is 1.60 bits per heavy atom. The number of hydrazone groups is 1. The van der Waals surface area contributed by atoms with Gasteiger partial charge in [0.15, 0.2) is 0 Å². The third-order valence-electron chi connectivity index (χ3n) is 13.5. The zero-order valence-corrected chi connectivity index (χ0v) is 41.4. The molecule has 374 valence electrons. The zero-order chi connectivity index (χ0) is 49.6. The maximum Gasteiger partial charge on any atom is 0.407 e. The number of ether oxygens (including phenoxy) is 6. The second-order valence-corrected chi connectivity index (χ2v) is 19.2. The number of hydrogen-bond donors (Lipinski definition) is 3. The fourth-order valence-corrected chi connectivity index (χ4v) is 9.57. The second kappa shape index (κ2) is 24.6. The van der Waals surface area contributed by atoms with E-state index in [9.17, 15) is 19.2 Å². The topological polar surface area (TPSA) is 175 Å². The van der Waals surface area contributed by atoms with Crippen LogP contribution in [0.2, 0.25) is 0 Å². The van der Waals surface area contributed by atoms with Crippen LogP contribution in [0.1, 0.15) is 116 Å². The largest absolute Gasteiger partial charge is 0.494 e. The lowest BCUT2D eigenvalue weighted by molar-refractivity contribution is -0.143. The third-order valence-corrected chi connectivity index (χ3v) is 13.5. The monoisotopic (exact) mass is 959 g/mol. The summed E-state index contributed by atoms with van der Waals surface area (Å²) >= 11 is 0. The number of carbonyl (C=O) groups is 4. The minimum absolute atomic E-state index is 0.0114. The standard InChI is InChI=1S/C56H70N4O10/c1-36(19-26-52-37(2)30-51(40(5)69-52)58-53(62)27-20-38(3)68-41(6)61)18-23-44-32-56(35-67-56)33-45(70-44)31-54(63)60-59-39(4)42-21-24-43(25-22-42)65-29-13-7-12-28-57-55(64)66-34-50-48-16-10-8-14-46(48)47-15-9-11-17-49(47)50/h8-11,14-25,27,37-38,40,44-45,50-52H,7,12-13,26,28-35H2,1-6H3,(H,57,64)(H,58,62)(H,60,63)/b23-18+,27-20-,36-19+,59-39+/t37-,38-,40+,44+,45+,51+,52-,56+/m0/s1. The summed E-state index contributed by atoms with van der Waals surface area (Å²) in [6.45, 7) is 13.1. The Bertz CT molecular complexity index is 2360. The predicted octanol–water partition coefficient (Wildman–Crippen LogP) is 9.02. The number of nitrogens with zero attached hydrogens (tertiary/aromatic N) is 1. The molecular weight excluding hydrogens is 889 g/mol. The number of hydrogen-bond acceptors (Lipinski definition) is 11. The second-order valence-electron chi connectivity index (χ2n) is 19.2. The predicted molar refractivity (Wildman–Crippen MR) is 268 cm³/mol. The van der Waals surface area contributed by atoms with Gasteiger partial charge in [0.2, 0.25) is 11.8 Å². The number of fused-ring (bicyclic) bond motifs is 3. The number of amides is 3. The van der Waals surface area contributed by atoms with Gasteiger partial charge in [-0.15, -0.1) is 0 Å². The van der Waals surface area contributed by atoms with E-state index in [1.807, 2.05) is 62.4 Å². The first kappa shape index (κ1) is 51.8. The number of benzene rings is 3. The molecule has 0 bridgehead atoms. The number of unbranched alkanes of at least 4 members (excludes halogenated alkanes) is 2. The van der Waals surface area contributed by atoms with Gasteiger partial charge in [-0.2, -0.15) is 5.10 Å². The molecule has 8 atom stereocenters. The molecule has 0 aromatic heterocycles. The molecule has 70 heavy (non-hydrogen) atoms. The van der Waals surface area contributed by atoms with E-state index in [4.69, 9.17) is 28.4 Å². The molecule has 3 aromatic rings. The van der Waals surface area contributed by atoms with Gasteiger partial charge in [0.25, 0.3) is 0 Å². The summed E-state index contributed by atoms with van der Waals surface area (Å²) in [5, 5.41) is 10.3. The number of alkyl carbamates (subject to hydrolysis) is 1. The number of rotatable bonds is 21. The summed E-state index contributed by atoms with van der Waals surface area (Å²) in [7, 11) is 0. The smallest absolute Gasteiger partial charge is 0.407 e. The molecule has 3 N–H and O–H groups in total. The van der Waals surface area contributed by atoms with Crippen LogP contribution in [0.15, 0.2) is 114 Å². The number of carbonyl (C=O) groups excluding carboxylic acids is 4. The van der Waals surface area contributed by atoms with Gasteiger partial charge in [-0.25, -0.2) is 10.2 Å². The van der Waals surface area contributed by atoms with Crippen LogP contribution in [0, 0.1) is 5.92 Å². The van der Waals surface area contributed by atoms with E-state index in [1.54, 1.807) is 13.0 Å². The third kappa shape index (κ3) is 15.0. The molecule has 3 aromatic carbocycles. The Labute approximate surface area is 412 Å². The molecular formula is C56H70N4O10. The Morgan fingerprint density at radius 3 is 2.30 bits per heavy atom. The molecule has 1 aliphatic carbocycles. The minimum atomic E-state index is -0.482. The molecule has 14 heteroatoms. The van der Waals surface area contributed by atoms with Crippen molar-refractivity contribution in [2.75, 3.05) is 26.4 Å². The van der Waals surface area contributed by atoms with E-state index in [-0.39, 0.29) is 66.1 Å². The molecule has 0 unspecified atom stereocenters. The van der Waals surface area contributed by atoms with Gasteiger partial charge in [-0.05, 0) is 124 Å². The van der Waals surface area contributed by atoms with Crippen molar-refractivity contribution in [2.45, 2.75) is 141 Å². The van der Waals surface area contributed by atoms with Crippen LogP contribution in [0.25, 0.3) is 11.1 Å². The van der Waals surface area contributed by atoms with Crippen molar-refractivity contribution < 1.29 is 47.6 Å². The van der Waals surface area contributed by atoms with Crippen LogP contribution >= 0.6 is 0 Å². The molecule has 7 rings (SSSR count). The highest BCUT2D eigenvalue weighted by Crippen LogP contribution is 2.45. The van der Waals surface area contributed by atoms with Gasteiger partial charge in [-0.1, -0.05) is 79.3 Å². The van der Waals surface area contributed by atoms with Crippen LogP contribution in [0.5, 0.6) is 5.75 Å². The Hall–Kier alpha value is -6.09. The van der Waals surface area contributed by atoms with E-state index in [1.165, 1.54) is 35.3 Å². The van der Waals surface area contributed by atoms with Gasteiger partial charge < -0.3 is 39.1 Å². The Balaban J connectivity index is 0.762. The minimum Gasteiger partial charge on any atom is -0.494 e. The first-order valence-electron chi connectivity index (χ1n) is 24.8. The molecule has 1 spiro atoms. The Kier molecular flexibility index (Phi) is 18.2. The van der Waals surface area contributed by atoms with Crippen molar-refractivity contribution in [3.63, 3.8) is 0 Å². The van der Waals surface area contributed by atoms with Crippen molar-refractivity contribution in [1.29, 1.82) is 0 Å². The average Bonchev–Trinajstić information content (AvgIpc) is 4.00. The molecule has 3 heterocycles. The summed E-state index contributed by atoms with van der Waals surface area (Å²) < 4.78 is 35.3. The highest BCUT2D eigenvalue weighted by Gasteiger charge is 2.51. The van der Waals surface area contributed by atoms with Gasteiger partial charge in [0.05, 0.1) is 61.4 Å². The number of esters is 1. The first-order valence-corrected chi connectivity index (χ1v) is 24.8. The van der Waals surface area contributed by atoms with Gasteiger partial charge in [0, 0.05) is 38.3 Å². The Morgan fingerprint density at radius 1 is 0.886 bits per heavy atom.